The van der Waals surface area contributed by atoms with Crippen molar-refractivity contribution in [3.8, 4) is 0 Å². The topological polar surface area (TPSA) is 79.1 Å². The van der Waals surface area contributed by atoms with Gasteiger partial charge >= 0.3 is 0 Å². The molecule has 0 spiro atoms. The van der Waals surface area contributed by atoms with Crippen LogP contribution < -0.4 is 15.5 Å². The van der Waals surface area contributed by atoms with Crippen molar-refractivity contribution in [3.63, 3.8) is 0 Å². The lowest BCUT2D eigenvalue weighted by atomic mass is 10.2. The van der Waals surface area contributed by atoms with E-state index in [9.17, 15) is 0 Å². The van der Waals surface area contributed by atoms with E-state index >= 15 is 0 Å². The van der Waals surface area contributed by atoms with Crippen LogP contribution >= 0.6 is 11.6 Å². The second-order valence-corrected chi connectivity index (χ2v) is 6.38. The van der Waals surface area contributed by atoms with Gasteiger partial charge in [-0.15, -0.1) is 0 Å². The number of nitrogens with one attached hydrogen (secondary N) is 2. The molecule has 3 aromatic rings. The summed E-state index contributed by atoms with van der Waals surface area (Å²) in [7, 11) is 0. The summed E-state index contributed by atoms with van der Waals surface area (Å²) in [6, 6.07) is 9.49. The fraction of sp³-hybridized carbons (Fsp3) is 0.316. The molecule has 0 unspecified atom stereocenters. The molecule has 0 radical (unpaired) electrons. The van der Waals surface area contributed by atoms with Gasteiger partial charge in [0.1, 0.15) is 5.76 Å². The summed E-state index contributed by atoms with van der Waals surface area (Å²) in [5.41, 5.74) is 1.83. The first-order chi connectivity index (χ1) is 13.1. The molecule has 0 aliphatic heterocycles. The van der Waals surface area contributed by atoms with Gasteiger partial charge in [-0.2, -0.15) is 15.0 Å². The molecule has 0 atom stereocenters. The standard InChI is InChI=1S/C19H23ClN6O/c1-4-26(5-2)19-24-17(21-12-15-7-6-10-27-15)23-18(25-19)22-14-9-8-13(3)16(20)11-14/h6-11H,4-5,12H2,1-3H3,(H2,21,22,23,24,25). The van der Waals surface area contributed by atoms with Crippen LogP contribution in [0.5, 0.6) is 0 Å². The van der Waals surface area contributed by atoms with Gasteiger partial charge in [0, 0.05) is 23.8 Å². The highest BCUT2D eigenvalue weighted by molar-refractivity contribution is 6.31. The third-order valence-electron chi connectivity index (χ3n) is 4.10. The highest BCUT2D eigenvalue weighted by atomic mass is 35.5. The molecular weight excluding hydrogens is 364 g/mol. The van der Waals surface area contributed by atoms with Crippen molar-refractivity contribution in [1.29, 1.82) is 0 Å². The van der Waals surface area contributed by atoms with Crippen molar-refractivity contribution in [3.05, 3.63) is 52.9 Å². The Bertz CT molecular complexity index is 880. The molecule has 0 aliphatic carbocycles. The third-order valence-corrected chi connectivity index (χ3v) is 4.51. The van der Waals surface area contributed by atoms with Crippen LogP contribution in [-0.2, 0) is 6.54 Å². The Hall–Kier alpha value is -2.80. The summed E-state index contributed by atoms with van der Waals surface area (Å²) in [6.07, 6.45) is 1.64. The van der Waals surface area contributed by atoms with Crippen molar-refractivity contribution < 1.29 is 4.42 Å². The third kappa shape index (κ3) is 4.89. The van der Waals surface area contributed by atoms with Crippen LogP contribution in [0.3, 0.4) is 0 Å². The summed E-state index contributed by atoms with van der Waals surface area (Å²) in [4.78, 5) is 15.6. The quantitative estimate of drug-likeness (QED) is 0.584. The van der Waals surface area contributed by atoms with Crippen LogP contribution in [0.15, 0.2) is 41.0 Å². The van der Waals surface area contributed by atoms with Crippen LogP contribution in [-0.4, -0.2) is 28.0 Å². The van der Waals surface area contributed by atoms with Crippen LogP contribution in [0.25, 0.3) is 0 Å². The summed E-state index contributed by atoms with van der Waals surface area (Å²) in [5, 5.41) is 7.09. The van der Waals surface area contributed by atoms with Gasteiger partial charge in [0.15, 0.2) is 0 Å². The Morgan fingerprint density at radius 2 is 1.85 bits per heavy atom. The SMILES string of the molecule is CCN(CC)c1nc(NCc2ccco2)nc(Nc2ccc(C)c(Cl)c2)n1. The van der Waals surface area contributed by atoms with Crippen molar-refractivity contribution in [2.24, 2.45) is 0 Å². The van der Waals surface area contributed by atoms with Gasteiger partial charge in [-0.1, -0.05) is 17.7 Å². The molecule has 0 amide bonds. The van der Waals surface area contributed by atoms with Gasteiger partial charge in [-0.25, -0.2) is 0 Å². The van der Waals surface area contributed by atoms with Gasteiger partial charge in [0.05, 0.1) is 12.8 Å². The van der Waals surface area contributed by atoms with Gasteiger partial charge in [-0.3, -0.25) is 0 Å². The van der Waals surface area contributed by atoms with Crippen molar-refractivity contribution in [2.75, 3.05) is 28.6 Å². The fourth-order valence-electron chi connectivity index (χ4n) is 2.53. The van der Waals surface area contributed by atoms with E-state index < -0.39 is 0 Å². The van der Waals surface area contributed by atoms with Gasteiger partial charge < -0.3 is 20.0 Å². The minimum Gasteiger partial charge on any atom is -0.467 e. The fourth-order valence-corrected chi connectivity index (χ4v) is 2.71. The van der Waals surface area contributed by atoms with E-state index in [4.69, 9.17) is 16.0 Å². The molecule has 7 nitrogen and oxygen atoms in total. The van der Waals surface area contributed by atoms with Gasteiger partial charge in [0.25, 0.3) is 0 Å². The first-order valence-corrected chi connectivity index (χ1v) is 9.27. The average Bonchev–Trinajstić information content (AvgIpc) is 3.18. The van der Waals surface area contributed by atoms with E-state index in [1.807, 2.05) is 37.3 Å². The van der Waals surface area contributed by atoms with Gasteiger partial charge in [0.2, 0.25) is 17.8 Å². The minimum absolute atomic E-state index is 0.453. The zero-order chi connectivity index (χ0) is 19.2. The number of benzene rings is 1. The number of furan rings is 1. The molecule has 8 heteroatoms. The maximum atomic E-state index is 6.22. The normalized spacial score (nSPS) is 10.7. The van der Waals surface area contributed by atoms with E-state index in [1.54, 1.807) is 6.26 Å². The number of anilines is 4. The summed E-state index contributed by atoms with van der Waals surface area (Å²) in [6.45, 7) is 8.18. The largest absolute Gasteiger partial charge is 0.467 e. The number of rotatable bonds is 8. The maximum absolute atomic E-state index is 6.22. The molecular formula is C19H23ClN6O. The lowest BCUT2D eigenvalue weighted by Crippen LogP contribution is -2.25. The monoisotopic (exact) mass is 386 g/mol. The van der Waals surface area contributed by atoms with E-state index in [1.165, 1.54) is 0 Å². The lowest BCUT2D eigenvalue weighted by molar-refractivity contribution is 0.517. The molecule has 0 saturated carbocycles. The molecule has 2 aromatic heterocycles. The van der Waals surface area contributed by atoms with Crippen LogP contribution in [0.1, 0.15) is 25.2 Å². The Morgan fingerprint density at radius 3 is 2.52 bits per heavy atom. The summed E-state index contributed by atoms with van der Waals surface area (Å²) >= 11 is 6.22. The number of aromatic nitrogens is 3. The predicted octanol–water partition coefficient (Wildman–Crippen LogP) is 4.63. The Kier molecular flexibility index (Phi) is 6.13. The zero-order valence-corrected chi connectivity index (χ0v) is 16.4. The maximum Gasteiger partial charge on any atom is 0.233 e. The summed E-state index contributed by atoms with van der Waals surface area (Å²) in [5.74, 6) is 2.34. The number of halogens is 1. The molecule has 0 fully saturated rings. The molecule has 27 heavy (non-hydrogen) atoms. The molecule has 2 N–H and O–H groups in total. The highest BCUT2D eigenvalue weighted by Gasteiger charge is 2.12. The molecule has 3 rings (SSSR count). The first kappa shape index (κ1) is 19.0. The molecule has 2 heterocycles. The number of hydrogen-bond acceptors (Lipinski definition) is 7. The second kappa shape index (κ2) is 8.73. The predicted molar refractivity (Wildman–Crippen MR) is 109 cm³/mol. The average molecular weight is 387 g/mol. The van der Waals surface area contributed by atoms with E-state index in [0.29, 0.717) is 29.4 Å². The second-order valence-electron chi connectivity index (χ2n) is 5.98. The molecule has 0 aliphatic rings. The van der Waals surface area contributed by atoms with Gasteiger partial charge in [-0.05, 0) is 50.6 Å². The van der Waals surface area contributed by atoms with Crippen LogP contribution in [0, 0.1) is 6.92 Å². The Morgan fingerprint density at radius 1 is 1.07 bits per heavy atom. The van der Waals surface area contributed by atoms with Crippen LogP contribution in [0.2, 0.25) is 5.02 Å². The molecule has 142 valence electrons. The number of aryl methyl sites for hydroxylation is 1. The zero-order valence-electron chi connectivity index (χ0n) is 15.7. The summed E-state index contributed by atoms with van der Waals surface area (Å²) < 4.78 is 5.35. The highest BCUT2D eigenvalue weighted by Crippen LogP contribution is 2.23. The van der Waals surface area contributed by atoms with Crippen molar-refractivity contribution in [1.82, 2.24) is 15.0 Å². The van der Waals surface area contributed by atoms with E-state index in [-0.39, 0.29) is 0 Å². The lowest BCUT2D eigenvalue weighted by Gasteiger charge is -2.20. The Labute approximate surface area is 163 Å². The van der Waals surface area contributed by atoms with Crippen molar-refractivity contribution >= 4 is 35.1 Å². The van der Waals surface area contributed by atoms with Crippen molar-refractivity contribution in [2.45, 2.75) is 27.3 Å². The molecule has 0 saturated heterocycles. The van der Waals surface area contributed by atoms with E-state index in [2.05, 4.69) is 44.3 Å². The Balaban J connectivity index is 1.87. The van der Waals surface area contributed by atoms with Crippen LogP contribution in [0.4, 0.5) is 23.5 Å². The minimum atomic E-state index is 0.453. The first-order valence-electron chi connectivity index (χ1n) is 8.89. The number of hydrogen-bond donors (Lipinski definition) is 2. The number of nitrogens with zero attached hydrogens (tertiary/aromatic N) is 4. The van der Waals surface area contributed by atoms with E-state index in [0.717, 1.165) is 30.1 Å². The molecule has 0 bridgehead atoms. The smallest absolute Gasteiger partial charge is 0.233 e. The molecule has 1 aromatic carbocycles.